The molecule has 212 valence electrons. The first-order chi connectivity index (χ1) is 19.5. The van der Waals surface area contributed by atoms with Crippen LogP contribution in [0.1, 0.15) is 93.0 Å². The van der Waals surface area contributed by atoms with Crippen LogP contribution in [-0.2, 0) is 4.79 Å². The normalized spacial score (nSPS) is 25.0. The first-order valence-corrected chi connectivity index (χ1v) is 15.1. The number of hydrogen-bond acceptors (Lipinski definition) is 5. The Morgan fingerprint density at radius 3 is 2.42 bits per heavy atom. The third-order valence-corrected chi connectivity index (χ3v) is 9.35. The number of carbonyl (C=O) groups excluding carboxylic acids is 1. The Balaban J connectivity index is 1.19. The lowest BCUT2D eigenvalue weighted by atomic mass is 9.78. The van der Waals surface area contributed by atoms with Gasteiger partial charge in [-0.3, -0.25) is 4.79 Å². The summed E-state index contributed by atoms with van der Waals surface area (Å²) in [6.07, 6.45) is 11.3. The highest BCUT2D eigenvalue weighted by molar-refractivity contribution is 5.95. The molecule has 3 fully saturated rings. The summed E-state index contributed by atoms with van der Waals surface area (Å²) in [7, 11) is 1.72. The van der Waals surface area contributed by atoms with Gasteiger partial charge in [-0.05, 0) is 118 Å². The smallest absolute Gasteiger partial charge is 0.230 e. The Hall–Kier alpha value is -3.19. The molecule has 1 amide bonds. The van der Waals surface area contributed by atoms with E-state index >= 15 is 0 Å². The zero-order valence-corrected chi connectivity index (χ0v) is 23.8. The second kappa shape index (κ2) is 11.7. The van der Waals surface area contributed by atoms with Crippen molar-refractivity contribution >= 4 is 11.6 Å². The number of carbonyl (C=O) groups is 1. The molecule has 0 atom stereocenters. The highest BCUT2D eigenvalue weighted by atomic mass is 16.5. The van der Waals surface area contributed by atoms with Gasteiger partial charge in [0.05, 0.1) is 18.9 Å². The largest absolute Gasteiger partial charge is 0.496 e. The van der Waals surface area contributed by atoms with Crippen molar-refractivity contribution in [2.45, 2.75) is 89.1 Å². The van der Waals surface area contributed by atoms with Crippen molar-refractivity contribution in [3.05, 3.63) is 65.7 Å². The Morgan fingerprint density at radius 1 is 0.975 bits per heavy atom. The Morgan fingerprint density at radius 2 is 1.73 bits per heavy atom. The molecule has 0 spiro atoms. The van der Waals surface area contributed by atoms with Crippen LogP contribution in [0.2, 0.25) is 0 Å². The fourth-order valence-electron chi connectivity index (χ4n) is 6.69. The maximum Gasteiger partial charge on any atom is 0.230 e. The maximum atomic E-state index is 14.0. The summed E-state index contributed by atoms with van der Waals surface area (Å²) >= 11 is 0. The van der Waals surface area contributed by atoms with Gasteiger partial charge < -0.3 is 14.7 Å². The highest BCUT2D eigenvalue weighted by Gasteiger charge is 2.33. The predicted octanol–water partition coefficient (Wildman–Crippen LogP) is 6.32. The maximum absolute atomic E-state index is 14.0. The fourth-order valence-corrected chi connectivity index (χ4v) is 6.69. The molecule has 40 heavy (non-hydrogen) atoms. The van der Waals surface area contributed by atoms with E-state index in [4.69, 9.17) is 9.84 Å². The van der Waals surface area contributed by atoms with E-state index in [-0.39, 0.29) is 17.9 Å². The molecule has 0 bridgehead atoms. The summed E-state index contributed by atoms with van der Waals surface area (Å²) in [5, 5.41) is 14.8. The minimum Gasteiger partial charge on any atom is -0.496 e. The van der Waals surface area contributed by atoms with E-state index in [9.17, 15) is 9.90 Å². The zero-order valence-electron chi connectivity index (χ0n) is 23.8. The van der Waals surface area contributed by atoms with E-state index in [0.717, 1.165) is 68.0 Å². The van der Waals surface area contributed by atoms with Gasteiger partial charge in [0.2, 0.25) is 5.91 Å². The number of rotatable bonds is 8. The quantitative estimate of drug-likeness (QED) is 0.360. The number of hydrogen-bond donors (Lipinski definition) is 1. The number of benzene rings is 2. The third-order valence-electron chi connectivity index (χ3n) is 9.35. The van der Waals surface area contributed by atoms with Crippen LogP contribution in [0.25, 0.3) is 5.69 Å². The number of aryl methyl sites for hydroxylation is 1. The molecule has 7 heteroatoms. The van der Waals surface area contributed by atoms with Crippen LogP contribution in [0.3, 0.4) is 0 Å². The van der Waals surface area contributed by atoms with Crippen molar-refractivity contribution in [1.29, 1.82) is 0 Å². The summed E-state index contributed by atoms with van der Waals surface area (Å²) < 4.78 is 7.31. The molecular formula is C33H42N4O3. The molecule has 1 aromatic heterocycles. The minimum absolute atomic E-state index is 0.0292. The van der Waals surface area contributed by atoms with Crippen LogP contribution in [0.15, 0.2) is 48.8 Å². The number of ether oxygens (including phenoxy) is 1. The number of anilines is 1. The SMILES string of the molecule is COc1ccc(C2CCC(CN(C(=O)C3CCC(O)CC3)c3cccc(-n4cnc(C5CC5)n4)c3)CC2)cc1C. The van der Waals surface area contributed by atoms with Gasteiger partial charge in [-0.2, -0.15) is 5.10 Å². The summed E-state index contributed by atoms with van der Waals surface area (Å²) in [6.45, 7) is 2.85. The topological polar surface area (TPSA) is 80.5 Å². The number of aromatic nitrogens is 3. The molecular weight excluding hydrogens is 500 g/mol. The molecule has 6 rings (SSSR count). The van der Waals surface area contributed by atoms with E-state index in [1.165, 1.54) is 24.0 Å². The van der Waals surface area contributed by atoms with E-state index < -0.39 is 0 Å². The van der Waals surface area contributed by atoms with Gasteiger partial charge in [-0.15, -0.1) is 0 Å². The van der Waals surface area contributed by atoms with E-state index in [1.54, 1.807) is 13.4 Å². The van der Waals surface area contributed by atoms with Crippen molar-refractivity contribution < 1.29 is 14.6 Å². The average Bonchev–Trinajstić information content (AvgIpc) is 3.72. The molecule has 3 saturated carbocycles. The zero-order chi connectivity index (χ0) is 27.6. The molecule has 1 heterocycles. The van der Waals surface area contributed by atoms with Crippen molar-refractivity contribution in [2.75, 3.05) is 18.6 Å². The lowest BCUT2D eigenvalue weighted by molar-refractivity contribution is -0.124. The molecule has 0 unspecified atom stereocenters. The molecule has 1 N–H and O–H groups in total. The van der Waals surface area contributed by atoms with Crippen LogP contribution in [0.5, 0.6) is 5.75 Å². The van der Waals surface area contributed by atoms with Gasteiger partial charge in [0.1, 0.15) is 12.1 Å². The number of nitrogens with zero attached hydrogens (tertiary/aromatic N) is 4. The van der Waals surface area contributed by atoms with Crippen molar-refractivity contribution in [3.63, 3.8) is 0 Å². The van der Waals surface area contributed by atoms with Crippen LogP contribution >= 0.6 is 0 Å². The minimum atomic E-state index is -0.273. The molecule has 3 aromatic rings. The van der Waals surface area contributed by atoms with Crippen molar-refractivity contribution in [2.24, 2.45) is 11.8 Å². The monoisotopic (exact) mass is 542 g/mol. The number of methoxy groups -OCH3 is 1. The number of amides is 1. The summed E-state index contributed by atoms with van der Waals surface area (Å²) in [6, 6.07) is 14.8. The lowest BCUT2D eigenvalue weighted by Gasteiger charge is -2.36. The summed E-state index contributed by atoms with van der Waals surface area (Å²) in [4.78, 5) is 20.6. The predicted molar refractivity (Wildman–Crippen MR) is 156 cm³/mol. The lowest BCUT2D eigenvalue weighted by Crippen LogP contribution is -2.41. The standard InChI is InChI=1S/C33H42N4O3/c1-22-18-27(14-17-31(22)40-2)24-8-6-23(7-9-24)20-36(33(39)26-12-15-30(38)16-13-26)28-4-3-5-29(19-28)37-21-34-32(35-37)25-10-11-25/h3-5,14,17-19,21,23-26,30,38H,6-13,15-16,20H2,1-2H3. The molecule has 2 aromatic carbocycles. The third kappa shape index (κ3) is 5.95. The number of aliphatic hydroxyl groups excluding tert-OH is 1. The van der Waals surface area contributed by atoms with Crippen LogP contribution in [0, 0.1) is 18.8 Å². The van der Waals surface area contributed by atoms with Gasteiger partial charge in [0.15, 0.2) is 5.82 Å². The number of aliphatic hydroxyl groups is 1. The second-order valence-electron chi connectivity index (χ2n) is 12.2. The molecule has 3 aliphatic rings. The van der Waals surface area contributed by atoms with Crippen LogP contribution < -0.4 is 9.64 Å². The van der Waals surface area contributed by atoms with Gasteiger partial charge in [0, 0.05) is 24.1 Å². The first-order valence-electron chi connectivity index (χ1n) is 15.1. The highest BCUT2D eigenvalue weighted by Crippen LogP contribution is 2.39. The molecule has 0 aliphatic heterocycles. The van der Waals surface area contributed by atoms with Gasteiger partial charge in [-0.25, -0.2) is 9.67 Å². The second-order valence-corrected chi connectivity index (χ2v) is 12.2. The summed E-state index contributed by atoms with van der Waals surface area (Å²) in [5.74, 6) is 3.56. The molecule has 3 aliphatic carbocycles. The first kappa shape index (κ1) is 27.0. The van der Waals surface area contributed by atoms with Gasteiger partial charge in [-0.1, -0.05) is 18.2 Å². The van der Waals surface area contributed by atoms with E-state index in [2.05, 4.69) is 42.2 Å². The Labute approximate surface area is 237 Å². The average molecular weight is 543 g/mol. The summed E-state index contributed by atoms with van der Waals surface area (Å²) in [5.41, 5.74) is 4.46. The van der Waals surface area contributed by atoms with Gasteiger partial charge in [0.25, 0.3) is 0 Å². The molecule has 0 saturated heterocycles. The van der Waals surface area contributed by atoms with E-state index in [0.29, 0.717) is 30.6 Å². The van der Waals surface area contributed by atoms with Gasteiger partial charge >= 0.3 is 0 Å². The van der Waals surface area contributed by atoms with Crippen LogP contribution in [0.4, 0.5) is 5.69 Å². The molecule has 7 nitrogen and oxygen atoms in total. The van der Waals surface area contributed by atoms with Crippen molar-refractivity contribution in [1.82, 2.24) is 14.8 Å². The fraction of sp³-hybridized carbons (Fsp3) is 0.545. The van der Waals surface area contributed by atoms with Crippen molar-refractivity contribution in [3.8, 4) is 11.4 Å². The molecule has 0 radical (unpaired) electrons. The van der Waals surface area contributed by atoms with Crippen LogP contribution in [-0.4, -0.2) is 45.5 Å². The Kier molecular flexibility index (Phi) is 7.92. The van der Waals surface area contributed by atoms with E-state index in [1.807, 2.05) is 21.7 Å². The Bertz CT molecular complexity index is 1320.